The number of benzene rings is 1. The molecule has 0 spiro atoms. The molecule has 9 heteroatoms. The van der Waals surface area contributed by atoms with Gasteiger partial charge in [-0.1, -0.05) is 12.1 Å². The van der Waals surface area contributed by atoms with E-state index >= 15 is 0 Å². The van der Waals surface area contributed by atoms with Crippen molar-refractivity contribution in [1.82, 2.24) is 34.8 Å². The molecule has 3 aromatic rings. The standard InChI is InChI=1S/C19H23N7O2/c1-28-16-4-2-3-15(11-16)18-17(12-21-23-18)19(27)25-8-5-24(6-9-25)7-10-26-14-20-13-22-26/h2-4,11-14H,5-10H2,1H3,(H,21,23). The highest BCUT2D eigenvalue weighted by Gasteiger charge is 2.25. The lowest BCUT2D eigenvalue weighted by Crippen LogP contribution is -2.49. The van der Waals surface area contributed by atoms with Crippen LogP contribution in [0.3, 0.4) is 0 Å². The Labute approximate surface area is 162 Å². The topological polar surface area (TPSA) is 92.2 Å². The molecule has 1 aliphatic rings. The van der Waals surface area contributed by atoms with Gasteiger partial charge in [-0.05, 0) is 12.1 Å². The van der Waals surface area contributed by atoms with E-state index < -0.39 is 0 Å². The third-order valence-electron chi connectivity index (χ3n) is 5.00. The van der Waals surface area contributed by atoms with E-state index in [4.69, 9.17) is 4.74 Å². The number of hydrogen-bond acceptors (Lipinski definition) is 6. The molecule has 2 aromatic heterocycles. The third-order valence-corrected chi connectivity index (χ3v) is 5.00. The molecule has 146 valence electrons. The molecule has 0 radical (unpaired) electrons. The van der Waals surface area contributed by atoms with Gasteiger partial charge in [0.2, 0.25) is 0 Å². The summed E-state index contributed by atoms with van der Waals surface area (Å²) in [5, 5.41) is 11.2. The lowest BCUT2D eigenvalue weighted by Gasteiger charge is -2.34. The molecule has 28 heavy (non-hydrogen) atoms. The zero-order valence-corrected chi connectivity index (χ0v) is 15.8. The van der Waals surface area contributed by atoms with E-state index in [1.165, 1.54) is 0 Å². The van der Waals surface area contributed by atoms with E-state index in [0.29, 0.717) is 18.7 Å². The number of nitrogens with zero attached hydrogens (tertiary/aromatic N) is 6. The number of ether oxygens (including phenoxy) is 1. The summed E-state index contributed by atoms with van der Waals surface area (Å²) in [6.07, 6.45) is 4.87. The van der Waals surface area contributed by atoms with Gasteiger partial charge < -0.3 is 9.64 Å². The molecule has 3 heterocycles. The second kappa shape index (κ2) is 8.22. The summed E-state index contributed by atoms with van der Waals surface area (Å²) in [6, 6.07) is 7.61. The summed E-state index contributed by atoms with van der Waals surface area (Å²) >= 11 is 0. The molecule has 1 aliphatic heterocycles. The fraction of sp³-hybridized carbons (Fsp3) is 0.368. The minimum absolute atomic E-state index is 0.00231. The number of hydrogen-bond donors (Lipinski definition) is 1. The molecule has 1 aromatic carbocycles. The molecule has 0 atom stereocenters. The Morgan fingerprint density at radius 1 is 1.21 bits per heavy atom. The van der Waals surface area contributed by atoms with Gasteiger partial charge in [0.15, 0.2) is 0 Å². The van der Waals surface area contributed by atoms with Crippen LogP contribution < -0.4 is 4.74 Å². The van der Waals surface area contributed by atoms with Crippen LogP contribution in [-0.4, -0.2) is 80.5 Å². The Morgan fingerprint density at radius 2 is 2.07 bits per heavy atom. The van der Waals surface area contributed by atoms with Crippen LogP contribution in [0.15, 0.2) is 43.1 Å². The zero-order valence-electron chi connectivity index (χ0n) is 15.8. The maximum Gasteiger partial charge on any atom is 0.257 e. The predicted octanol–water partition coefficient (Wildman–Crippen LogP) is 1.13. The van der Waals surface area contributed by atoms with Gasteiger partial charge in [0.05, 0.1) is 31.1 Å². The van der Waals surface area contributed by atoms with Gasteiger partial charge in [0.1, 0.15) is 18.4 Å². The van der Waals surface area contributed by atoms with E-state index in [2.05, 4.69) is 25.2 Å². The molecular formula is C19H23N7O2. The molecule has 1 saturated heterocycles. The number of methoxy groups -OCH3 is 1. The quantitative estimate of drug-likeness (QED) is 0.688. The average Bonchev–Trinajstić information content (AvgIpc) is 3.44. The van der Waals surface area contributed by atoms with Crippen molar-refractivity contribution in [3.05, 3.63) is 48.7 Å². The highest BCUT2D eigenvalue weighted by atomic mass is 16.5. The highest BCUT2D eigenvalue weighted by molar-refractivity contribution is 5.99. The van der Waals surface area contributed by atoms with Gasteiger partial charge >= 0.3 is 0 Å². The van der Waals surface area contributed by atoms with Crippen LogP contribution in [0.5, 0.6) is 5.75 Å². The summed E-state index contributed by atoms with van der Waals surface area (Å²) in [5.41, 5.74) is 2.19. The number of rotatable bonds is 6. The van der Waals surface area contributed by atoms with Crippen molar-refractivity contribution in [3.63, 3.8) is 0 Å². The molecule has 0 aliphatic carbocycles. The molecule has 1 N–H and O–H groups in total. The number of piperazine rings is 1. The van der Waals surface area contributed by atoms with Crippen molar-refractivity contribution < 1.29 is 9.53 Å². The normalized spacial score (nSPS) is 15.0. The first-order chi connectivity index (χ1) is 13.7. The zero-order chi connectivity index (χ0) is 19.3. The Morgan fingerprint density at radius 3 is 2.82 bits per heavy atom. The third kappa shape index (κ3) is 3.89. The summed E-state index contributed by atoms with van der Waals surface area (Å²) in [6.45, 7) is 4.76. The van der Waals surface area contributed by atoms with Crippen LogP contribution in [-0.2, 0) is 6.54 Å². The van der Waals surface area contributed by atoms with E-state index in [0.717, 1.165) is 43.2 Å². The van der Waals surface area contributed by atoms with E-state index in [1.807, 2.05) is 33.8 Å². The molecule has 0 unspecified atom stereocenters. The number of carbonyl (C=O) groups excluding carboxylic acids is 1. The average molecular weight is 381 g/mol. The fourth-order valence-electron chi connectivity index (χ4n) is 3.38. The van der Waals surface area contributed by atoms with Crippen LogP contribution in [0.1, 0.15) is 10.4 Å². The smallest absolute Gasteiger partial charge is 0.257 e. The second-order valence-electron chi connectivity index (χ2n) is 6.68. The van der Waals surface area contributed by atoms with Crippen LogP contribution in [0, 0.1) is 0 Å². The molecular weight excluding hydrogens is 358 g/mol. The van der Waals surface area contributed by atoms with Crippen LogP contribution in [0.2, 0.25) is 0 Å². The molecule has 9 nitrogen and oxygen atoms in total. The SMILES string of the molecule is COc1cccc(-c2[nH]ncc2C(=O)N2CCN(CCn3cncn3)CC2)c1. The van der Waals surface area contributed by atoms with Gasteiger partial charge in [0, 0.05) is 38.3 Å². The van der Waals surface area contributed by atoms with Gasteiger partial charge in [-0.3, -0.25) is 19.5 Å². The summed E-state index contributed by atoms with van der Waals surface area (Å²) in [7, 11) is 1.63. The molecule has 1 amide bonds. The van der Waals surface area contributed by atoms with Crippen molar-refractivity contribution in [2.24, 2.45) is 0 Å². The predicted molar refractivity (Wildman–Crippen MR) is 103 cm³/mol. The first-order valence-electron chi connectivity index (χ1n) is 9.26. The monoisotopic (exact) mass is 381 g/mol. The number of aromatic nitrogens is 5. The van der Waals surface area contributed by atoms with Crippen molar-refractivity contribution in [1.29, 1.82) is 0 Å². The molecule has 0 bridgehead atoms. The van der Waals surface area contributed by atoms with Crippen LogP contribution in [0.25, 0.3) is 11.3 Å². The highest BCUT2D eigenvalue weighted by Crippen LogP contribution is 2.26. The number of amides is 1. The lowest BCUT2D eigenvalue weighted by atomic mass is 10.1. The second-order valence-corrected chi connectivity index (χ2v) is 6.68. The van der Waals surface area contributed by atoms with Gasteiger partial charge in [-0.15, -0.1) is 0 Å². The molecule has 0 saturated carbocycles. The number of H-pyrrole nitrogens is 1. The Hall–Kier alpha value is -3.20. The lowest BCUT2D eigenvalue weighted by molar-refractivity contribution is 0.0632. The summed E-state index contributed by atoms with van der Waals surface area (Å²) in [5.74, 6) is 0.744. The van der Waals surface area contributed by atoms with Crippen molar-refractivity contribution in [2.75, 3.05) is 39.8 Å². The number of aromatic amines is 1. The van der Waals surface area contributed by atoms with E-state index in [9.17, 15) is 4.79 Å². The van der Waals surface area contributed by atoms with Gasteiger partial charge in [-0.2, -0.15) is 10.2 Å². The van der Waals surface area contributed by atoms with Crippen molar-refractivity contribution in [2.45, 2.75) is 6.54 Å². The maximum absolute atomic E-state index is 13.1. The van der Waals surface area contributed by atoms with Crippen LogP contribution >= 0.6 is 0 Å². The number of carbonyl (C=O) groups is 1. The fourth-order valence-corrected chi connectivity index (χ4v) is 3.38. The Bertz CT molecular complexity index is 914. The minimum atomic E-state index is 0.00231. The van der Waals surface area contributed by atoms with Crippen molar-refractivity contribution >= 4 is 5.91 Å². The summed E-state index contributed by atoms with van der Waals surface area (Å²) in [4.78, 5) is 21.2. The molecule has 4 rings (SSSR count). The van der Waals surface area contributed by atoms with E-state index in [-0.39, 0.29) is 5.91 Å². The van der Waals surface area contributed by atoms with Crippen molar-refractivity contribution in [3.8, 4) is 17.0 Å². The van der Waals surface area contributed by atoms with Crippen LogP contribution in [0.4, 0.5) is 0 Å². The first-order valence-corrected chi connectivity index (χ1v) is 9.26. The Balaban J connectivity index is 1.39. The number of nitrogens with one attached hydrogen (secondary N) is 1. The minimum Gasteiger partial charge on any atom is -0.497 e. The Kier molecular flexibility index (Phi) is 5.34. The summed E-state index contributed by atoms with van der Waals surface area (Å²) < 4.78 is 7.11. The van der Waals surface area contributed by atoms with Gasteiger partial charge in [-0.25, -0.2) is 4.98 Å². The van der Waals surface area contributed by atoms with E-state index in [1.54, 1.807) is 26.0 Å². The largest absolute Gasteiger partial charge is 0.497 e. The maximum atomic E-state index is 13.1. The first kappa shape index (κ1) is 18.2. The molecule has 1 fully saturated rings. The van der Waals surface area contributed by atoms with Gasteiger partial charge in [0.25, 0.3) is 5.91 Å².